The molecule has 0 aliphatic rings. The molecule has 3 nitrogen and oxygen atoms in total. The van der Waals surface area contributed by atoms with Gasteiger partial charge in [-0.25, -0.2) is 0 Å². The van der Waals surface area contributed by atoms with Gasteiger partial charge in [-0.1, -0.05) is 12.1 Å². The zero-order valence-corrected chi connectivity index (χ0v) is 7.07. The van der Waals surface area contributed by atoms with Crippen molar-refractivity contribution in [2.75, 3.05) is 7.11 Å². The first-order valence-electron chi connectivity index (χ1n) is 3.12. The van der Waals surface area contributed by atoms with Gasteiger partial charge in [0.05, 0.1) is 5.30 Å². The second-order valence-corrected chi connectivity index (χ2v) is 3.53. The predicted octanol–water partition coefficient (Wildman–Crippen LogP) is 1.14. The minimum Gasteiger partial charge on any atom is -0.507 e. The normalized spacial score (nSPS) is 12.8. The molecule has 1 aromatic carbocycles. The Hall–Kier alpha value is -0.790. The zero-order valence-electron chi connectivity index (χ0n) is 6.07. The molecule has 0 saturated carbocycles. The third-order valence-corrected chi connectivity index (χ3v) is 2.54. The predicted molar refractivity (Wildman–Crippen MR) is 43.8 cm³/mol. The van der Waals surface area contributed by atoms with E-state index in [2.05, 4.69) is 4.52 Å². The van der Waals surface area contributed by atoms with Crippen molar-refractivity contribution in [3.8, 4) is 5.75 Å². The largest absolute Gasteiger partial charge is 0.507 e. The zero-order chi connectivity index (χ0) is 8.27. The first-order chi connectivity index (χ1) is 5.25. The summed E-state index contributed by atoms with van der Waals surface area (Å²) in [6.45, 7) is 0. The van der Waals surface area contributed by atoms with E-state index in [1.54, 1.807) is 18.2 Å². The van der Waals surface area contributed by atoms with Crippen LogP contribution < -0.4 is 5.30 Å². The molecule has 0 amide bonds. The van der Waals surface area contributed by atoms with E-state index in [-0.39, 0.29) is 5.75 Å². The number of hydrogen-bond donors (Lipinski definition) is 1. The number of rotatable bonds is 2. The fourth-order valence-corrected chi connectivity index (χ4v) is 1.50. The molecular weight excluding hydrogens is 163 g/mol. The van der Waals surface area contributed by atoms with Crippen LogP contribution in [0.3, 0.4) is 0 Å². The molecule has 0 saturated heterocycles. The van der Waals surface area contributed by atoms with E-state index in [1.165, 1.54) is 13.2 Å². The van der Waals surface area contributed by atoms with Crippen LogP contribution in [-0.2, 0) is 9.09 Å². The average molecular weight is 172 g/mol. The molecule has 1 unspecified atom stereocenters. The second kappa shape index (κ2) is 3.56. The van der Waals surface area contributed by atoms with E-state index in [4.69, 9.17) is 5.11 Å². The number of hydrogen-bond acceptors (Lipinski definition) is 3. The molecule has 0 spiro atoms. The van der Waals surface area contributed by atoms with Gasteiger partial charge in [0.1, 0.15) is 5.75 Å². The molecule has 0 radical (unpaired) electrons. The second-order valence-electron chi connectivity index (χ2n) is 2.01. The maximum Gasteiger partial charge on any atom is 0.224 e. The van der Waals surface area contributed by atoms with Gasteiger partial charge in [0, 0.05) is 7.11 Å². The molecule has 4 heteroatoms. The monoisotopic (exact) mass is 172 g/mol. The lowest BCUT2D eigenvalue weighted by molar-refractivity contribution is 0.420. The summed E-state index contributed by atoms with van der Waals surface area (Å²) in [6, 6.07) is 6.44. The van der Waals surface area contributed by atoms with Crippen LogP contribution in [0.1, 0.15) is 0 Å². The molecule has 0 aliphatic heterocycles. The van der Waals surface area contributed by atoms with Gasteiger partial charge < -0.3 is 9.63 Å². The Morgan fingerprint density at radius 3 is 2.64 bits per heavy atom. The minimum absolute atomic E-state index is 0.0261. The third kappa shape index (κ3) is 1.82. The lowest BCUT2D eigenvalue weighted by Gasteiger charge is -2.00. The summed E-state index contributed by atoms with van der Waals surface area (Å²) in [4.78, 5) is 0. The van der Waals surface area contributed by atoms with Crippen molar-refractivity contribution in [2.45, 2.75) is 0 Å². The average Bonchev–Trinajstić information content (AvgIpc) is 2.04. The summed E-state index contributed by atoms with van der Waals surface area (Å²) in [7, 11) is -0.882. The SMILES string of the molecule is CO[PH](=O)c1ccccc1O. The quantitative estimate of drug-likeness (QED) is 0.680. The Bertz CT molecular complexity index is 272. The van der Waals surface area contributed by atoms with Crippen LogP contribution in [0, 0.1) is 0 Å². The first-order valence-corrected chi connectivity index (χ1v) is 4.43. The van der Waals surface area contributed by atoms with Crippen LogP contribution >= 0.6 is 8.03 Å². The summed E-state index contributed by atoms with van der Waals surface area (Å²) in [5.74, 6) is 0.0261. The molecule has 11 heavy (non-hydrogen) atoms. The van der Waals surface area contributed by atoms with Crippen LogP contribution in [0.25, 0.3) is 0 Å². The van der Waals surface area contributed by atoms with Crippen LogP contribution in [-0.4, -0.2) is 12.2 Å². The van der Waals surface area contributed by atoms with Crippen LogP contribution in [0.15, 0.2) is 24.3 Å². The molecule has 60 valence electrons. The van der Waals surface area contributed by atoms with Gasteiger partial charge >= 0.3 is 0 Å². The Kier molecular flexibility index (Phi) is 2.69. The molecule has 0 aromatic heterocycles. The van der Waals surface area contributed by atoms with Gasteiger partial charge in [-0.3, -0.25) is 4.57 Å². The molecule has 1 aromatic rings. The fraction of sp³-hybridized carbons (Fsp3) is 0.143. The standard InChI is InChI=1S/C7H9O3P/c1-10-11(9)7-5-3-2-4-6(7)8/h2-5,8,11H,1H3. The van der Waals surface area contributed by atoms with Crippen molar-refractivity contribution in [1.29, 1.82) is 0 Å². The molecule has 0 bridgehead atoms. The summed E-state index contributed by atoms with van der Waals surface area (Å²) < 4.78 is 15.6. The minimum atomic E-state index is -2.24. The van der Waals surface area contributed by atoms with Crippen molar-refractivity contribution >= 4 is 13.3 Å². The number of aromatic hydroxyl groups is 1. The van der Waals surface area contributed by atoms with Gasteiger partial charge in [0.15, 0.2) is 0 Å². The summed E-state index contributed by atoms with van der Waals surface area (Å²) >= 11 is 0. The van der Waals surface area contributed by atoms with E-state index < -0.39 is 8.03 Å². The lowest BCUT2D eigenvalue weighted by atomic mass is 10.3. The Balaban J connectivity index is 3.03. The van der Waals surface area contributed by atoms with Crippen LogP contribution in [0.2, 0.25) is 0 Å². The molecule has 1 rings (SSSR count). The highest BCUT2D eigenvalue weighted by atomic mass is 31.1. The summed E-state index contributed by atoms with van der Waals surface area (Å²) in [6.07, 6.45) is 0. The Morgan fingerprint density at radius 2 is 2.09 bits per heavy atom. The highest BCUT2D eigenvalue weighted by Crippen LogP contribution is 2.24. The van der Waals surface area contributed by atoms with Gasteiger partial charge in [0.25, 0.3) is 0 Å². The van der Waals surface area contributed by atoms with Crippen molar-refractivity contribution in [3.05, 3.63) is 24.3 Å². The van der Waals surface area contributed by atoms with Gasteiger partial charge in [-0.05, 0) is 12.1 Å². The summed E-state index contributed by atoms with van der Waals surface area (Å²) in [5.41, 5.74) is 0. The molecular formula is C7H9O3P. The van der Waals surface area contributed by atoms with Crippen molar-refractivity contribution in [1.82, 2.24) is 0 Å². The first kappa shape index (κ1) is 8.31. The molecule has 1 atom stereocenters. The van der Waals surface area contributed by atoms with E-state index in [9.17, 15) is 4.57 Å². The fourth-order valence-electron chi connectivity index (χ4n) is 0.756. The van der Waals surface area contributed by atoms with E-state index in [0.29, 0.717) is 5.30 Å². The number of benzene rings is 1. The van der Waals surface area contributed by atoms with E-state index in [0.717, 1.165) is 0 Å². The van der Waals surface area contributed by atoms with E-state index >= 15 is 0 Å². The topological polar surface area (TPSA) is 46.5 Å². The highest BCUT2D eigenvalue weighted by Gasteiger charge is 2.05. The van der Waals surface area contributed by atoms with Crippen LogP contribution in [0.5, 0.6) is 5.75 Å². The smallest absolute Gasteiger partial charge is 0.224 e. The van der Waals surface area contributed by atoms with Gasteiger partial charge in [0.2, 0.25) is 8.03 Å². The van der Waals surface area contributed by atoms with Crippen molar-refractivity contribution < 1.29 is 14.2 Å². The van der Waals surface area contributed by atoms with E-state index in [1.807, 2.05) is 0 Å². The lowest BCUT2D eigenvalue weighted by Crippen LogP contribution is -1.96. The number of para-hydroxylation sites is 1. The maximum absolute atomic E-state index is 11.0. The number of phenols is 1. The van der Waals surface area contributed by atoms with Crippen LogP contribution in [0.4, 0.5) is 0 Å². The summed E-state index contributed by atoms with van der Waals surface area (Å²) in [5, 5.41) is 9.53. The van der Waals surface area contributed by atoms with Crippen molar-refractivity contribution in [2.24, 2.45) is 0 Å². The molecule has 0 fully saturated rings. The van der Waals surface area contributed by atoms with Gasteiger partial charge in [-0.15, -0.1) is 0 Å². The Morgan fingerprint density at radius 1 is 1.45 bits per heavy atom. The Labute approximate surface area is 65.5 Å². The molecule has 1 N–H and O–H groups in total. The number of phenolic OH excluding ortho intramolecular Hbond substituents is 1. The molecule has 0 heterocycles. The highest BCUT2D eigenvalue weighted by molar-refractivity contribution is 7.48. The molecule has 0 aliphatic carbocycles. The van der Waals surface area contributed by atoms with Crippen molar-refractivity contribution in [3.63, 3.8) is 0 Å². The van der Waals surface area contributed by atoms with Gasteiger partial charge in [-0.2, -0.15) is 0 Å². The third-order valence-electron chi connectivity index (χ3n) is 1.31. The maximum atomic E-state index is 11.0.